The van der Waals surface area contributed by atoms with Gasteiger partial charge in [-0.05, 0) is 68.6 Å². The summed E-state index contributed by atoms with van der Waals surface area (Å²) in [6.07, 6.45) is 19.7. The average molecular weight is 333 g/mol. The highest BCUT2D eigenvalue weighted by Gasteiger charge is 2.15. The Morgan fingerprint density at radius 1 is 0.708 bits per heavy atom. The van der Waals surface area contributed by atoms with Crippen LogP contribution in [0, 0.1) is 29.6 Å². The lowest BCUT2D eigenvalue weighted by molar-refractivity contribution is 0.277. The maximum atomic E-state index is 2.38. The van der Waals surface area contributed by atoms with Crippen molar-refractivity contribution >= 4 is 0 Å². The molecular formula is C24H44. The molecule has 5 unspecified atom stereocenters. The predicted molar refractivity (Wildman–Crippen MR) is 110 cm³/mol. The Morgan fingerprint density at radius 3 is 1.67 bits per heavy atom. The van der Waals surface area contributed by atoms with Crippen molar-refractivity contribution in [1.29, 1.82) is 0 Å². The van der Waals surface area contributed by atoms with E-state index < -0.39 is 0 Å². The van der Waals surface area contributed by atoms with Gasteiger partial charge in [-0.2, -0.15) is 0 Å². The monoisotopic (exact) mass is 332 g/mol. The summed E-state index contributed by atoms with van der Waals surface area (Å²) in [6.45, 7) is 13.9. The Morgan fingerprint density at radius 2 is 1.33 bits per heavy atom. The van der Waals surface area contributed by atoms with Crippen molar-refractivity contribution in [3.05, 3.63) is 23.8 Å². The minimum atomic E-state index is 0.823. The van der Waals surface area contributed by atoms with Gasteiger partial charge in [-0.15, -0.1) is 0 Å². The minimum Gasteiger partial charge on any atom is -0.0882 e. The molecule has 0 aromatic carbocycles. The Kier molecular flexibility index (Phi) is 10.7. The number of rotatable bonds is 0. The molecule has 0 heteroatoms. The second-order valence-corrected chi connectivity index (χ2v) is 8.86. The van der Waals surface area contributed by atoms with Crippen LogP contribution >= 0.6 is 0 Å². The molecule has 0 amide bonds. The summed E-state index contributed by atoms with van der Waals surface area (Å²) >= 11 is 0. The molecule has 0 nitrogen and oxygen atoms in total. The highest BCUT2D eigenvalue weighted by atomic mass is 14.2. The topological polar surface area (TPSA) is 0 Å². The van der Waals surface area contributed by atoms with Gasteiger partial charge >= 0.3 is 0 Å². The fourth-order valence-electron chi connectivity index (χ4n) is 3.81. The molecule has 0 N–H and O–H groups in total. The summed E-state index contributed by atoms with van der Waals surface area (Å²) in [5.74, 6) is 4.61. The zero-order valence-electron chi connectivity index (χ0n) is 17.5. The van der Waals surface area contributed by atoms with Gasteiger partial charge in [-0.25, -0.2) is 0 Å². The Hall–Kier alpha value is -0.520. The van der Waals surface area contributed by atoms with Crippen LogP contribution in [0.15, 0.2) is 23.8 Å². The molecule has 0 aliphatic heterocycles. The van der Waals surface area contributed by atoms with E-state index >= 15 is 0 Å². The first-order valence-electron chi connectivity index (χ1n) is 10.7. The summed E-state index contributed by atoms with van der Waals surface area (Å²) in [7, 11) is 0. The van der Waals surface area contributed by atoms with E-state index in [1.54, 1.807) is 5.57 Å². The molecule has 0 heterocycles. The van der Waals surface area contributed by atoms with Gasteiger partial charge in [-0.3, -0.25) is 0 Å². The quantitative estimate of drug-likeness (QED) is 0.392. The van der Waals surface area contributed by atoms with Crippen LogP contribution in [0.1, 0.15) is 99.3 Å². The molecule has 0 aromatic heterocycles. The molecule has 1 saturated carbocycles. The second-order valence-electron chi connectivity index (χ2n) is 8.86. The average Bonchev–Trinajstić information content (AvgIpc) is 2.57. The fourth-order valence-corrected chi connectivity index (χ4v) is 3.81. The highest BCUT2D eigenvalue weighted by Crippen LogP contribution is 2.28. The molecule has 0 saturated heterocycles. The number of hydrogen-bond acceptors (Lipinski definition) is 0. The van der Waals surface area contributed by atoms with E-state index in [2.05, 4.69) is 59.8 Å². The van der Waals surface area contributed by atoms with E-state index in [1.165, 1.54) is 57.8 Å². The first kappa shape index (κ1) is 21.5. The van der Waals surface area contributed by atoms with E-state index in [1.807, 2.05) is 0 Å². The third-order valence-corrected chi connectivity index (χ3v) is 6.75. The lowest BCUT2D eigenvalue weighted by Gasteiger charge is -2.24. The summed E-state index contributed by atoms with van der Waals surface area (Å²) in [6, 6.07) is 0. The maximum absolute atomic E-state index is 2.38. The summed E-state index contributed by atoms with van der Waals surface area (Å²) in [5, 5.41) is 0. The van der Waals surface area contributed by atoms with Gasteiger partial charge in [0, 0.05) is 0 Å². The fraction of sp³-hybridized carbons (Fsp3) is 0.833. The third-order valence-electron chi connectivity index (χ3n) is 6.75. The first-order valence-corrected chi connectivity index (χ1v) is 10.7. The van der Waals surface area contributed by atoms with Crippen LogP contribution in [0.4, 0.5) is 0 Å². The van der Waals surface area contributed by atoms with Crippen LogP contribution in [0.2, 0.25) is 0 Å². The van der Waals surface area contributed by atoms with Crippen LogP contribution in [0.5, 0.6) is 0 Å². The van der Waals surface area contributed by atoms with Crippen molar-refractivity contribution in [2.75, 3.05) is 0 Å². The van der Waals surface area contributed by atoms with E-state index in [4.69, 9.17) is 0 Å². The molecule has 24 heavy (non-hydrogen) atoms. The summed E-state index contributed by atoms with van der Waals surface area (Å²) < 4.78 is 0. The SMILES string of the molecule is CC1=CCCCC1C.CC1C=CCCC1C.CC1CCCCC1C. The highest BCUT2D eigenvalue weighted by molar-refractivity contribution is 5.04. The molecule has 1 fully saturated rings. The van der Waals surface area contributed by atoms with Gasteiger partial charge in [0.1, 0.15) is 0 Å². The molecule has 3 rings (SSSR count). The van der Waals surface area contributed by atoms with Gasteiger partial charge in [0.15, 0.2) is 0 Å². The molecular weight excluding hydrogens is 288 g/mol. The van der Waals surface area contributed by atoms with Crippen molar-refractivity contribution in [3.8, 4) is 0 Å². The Bertz CT molecular complexity index is 365. The molecule has 0 bridgehead atoms. The third kappa shape index (κ3) is 8.54. The lowest BCUT2D eigenvalue weighted by Crippen LogP contribution is -2.12. The first-order chi connectivity index (χ1) is 11.4. The predicted octanol–water partition coefficient (Wildman–Crippen LogP) is 8.19. The summed E-state index contributed by atoms with van der Waals surface area (Å²) in [5.41, 5.74) is 1.59. The van der Waals surface area contributed by atoms with Crippen molar-refractivity contribution in [2.24, 2.45) is 29.6 Å². The number of allylic oxidation sites excluding steroid dienone is 4. The normalized spacial score (nSPS) is 35.8. The van der Waals surface area contributed by atoms with Crippen molar-refractivity contribution in [2.45, 2.75) is 99.3 Å². The molecule has 0 aromatic rings. The standard InChI is InChI=1S/C8H16.2C8H14/c3*1-7-5-3-4-6-8(7)2/h7-8H,3-6H2,1-2H3;5,8H,3-4,6H2,1-2H3;3,5,7-8H,4,6H2,1-2H3. The minimum absolute atomic E-state index is 0.823. The molecule has 0 radical (unpaired) electrons. The van der Waals surface area contributed by atoms with Crippen LogP contribution in [0.3, 0.4) is 0 Å². The van der Waals surface area contributed by atoms with Crippen molar-refractivity contribution in [1.82, 2.24) is 0 Å². The van der Waals surface area contributed by atoms with Crippen LogP contribution in [0.25, 0.3) is 0 Å². The van der Waals surface area contributed by atoms with Crippen molar-refractivity contribution < 1.29 is 0 Å². The molecule has 3 aliphatic carbocycles. The van der Waals surface area contributed by atoms with Gasteiger partial charge in [0.2, 0.25) is 0 Å². The van der Waals surface area contributed by atoms with Gasteiger partial charge < -0.3 is 0 Å². The Balaban J connectivity index is 0.000000180. The van der Waals surface area contributed by atoms with E-state index in [-0.39, 0.29) is 0 Å². The zero-order valence-corrected chi connectivity index (χ0v) is 17.5. The van der Waals surface area contributed by atoms with E-state index in [9.17, 15) is 0 Å². The zero-order chi connectivity index (χ0) is 17.9. The maximum Gasteiger partial charge on any atom is -0.0234 e. The lowest BCUT2D eigenvalue weighted by atomic mass is 9.82. The van der Waals surface area contributed by atoms with Crippen LogP contribution < -0.4 is 0 Å². The van der Waals surface area contributed by atoms with Gasteiger partial charge in [0.05, 0.1) is 0 Å². The second kappa shape index (κ2) is 11.9. The largest absolute Gasteiger partial charge is 0.0882 e. The smallest absolute Gasteiger partial charge is 0.0234 e. The van der Waals surface area contributed by atoms with Gasteiger partial charge in [0.25, 0.3) is 0 Å². The molecule has 5 atom stereocenters. The van der Waals surface area contributed by atoms with Crippen LogP contribution in [-0.4, -0.2) is 0 Å². The van der Waals surface area contributed by atoms with Gasteiger partial charge in [-0.1, -0.05) is 84.1 Å². The number of hydrogen-bond donors (Lipinski definition) is 0. The van der Waals surface area contributed by atoms with Crippen LogP contribution in [-0.2, 0) is 0 Å². The molecule has 0 spiro atoms. The van der Waals surface area contributed by atoms with Crippen molar-refractivity contribution in [3.63, 3.8) is 0 Å². The van der Waals surface area contributed by atoms with E-state index in [0.717, 1.165) is 29.6 Å². The molecule has 140 valence electrons. The Labute approximate surface area is 153 Å². The summed E-state index contributed by atoms with van der Waals surface area (Å²) in [4.78, 5) is 0. The van der Waals surface area contributed by atoms with E-state index in [0.29, 0.717) is 0 Å². The molecule has 3 aliphatic rings.